The van der Waals surface area contributed by atoms with Crippen molar-refractivity contribution in [3.05, 3.63) is 185 Å². The van der Waals surface area contributed by atoms with Crippen LogP contribution in [-0.2, 0) is 38.4 Å². The lowest BCUT2D eigenvalue weighted by atomic mass is 9.87. The maximum atomic E-state index is 12.6. The number of hydrogen-bond donors (Lipinski definition) is 1. The SMILES string of the molecule is CCCOC(=O)N1C[C@@H](CC(=O)O)[C@@H](c2cccc(OCCc3nc(-c4ccccc4)oc3C)c2)C1.COC(=O)C1=C(c2cccc(OCCc3nc(-c4ccccc4)oc3C)c2)CN(Cc2ccccc2)C1. The fourth-order valence-electron chi connectivity index (χ4n) is 9.20. The van der Waals surface area contributed by atoms with Gasteiger partial charge in [0.1, 0.15) is 23.0 Å². The van der Waals surface area contributed by atoms with Crippen LogP contribution in [-0.4, -0.2) is 96.0 Å². The van der Waals surface area contributed by atoms with Crippen LogP contribution in [0.1, 0.15) is 65.3 Å². The van der Waals surface area contributed by atoms with Crippen LogP contribution in [0.15, 0.2) is 154 Å². The molecule has 9 rings (SSSR count). The summed E-state index contributed by atoms with van der Waals surface area (Å²) < 4.78 is 34.2. The van der Waals surface area contributed by atoms with Crippen LogP contribution in [0, 0.1) is 19.8 Å². The third-order valence-corrected chi connectivity index (χ3v) is 12.9. The third-order valence-electron chi connectivity index (χ3n) is 12.9. The number of methoxy groups -OCH3 is 1. The Morgan fingerprint density at radius 1 is 0.671 bits per heavy atom. The first-order valence-corrected chi connectivity index (χ1v) is 24.7. The number of carbonyl (C=O) groups excluding carboxylic acids is 2. The summed E-state index contributed by atoms with van der Waals surface area (Å²) in [5, 5.41) is 9.41. The van der Waals surface area contributed by atoms with E-state index in [-0.39, 0.29) is 30.3 Å². The van der Waals surface area contributed by atoms with Gasteiger partial charge in [0.2, 0.25) is 11.8 Å². The Bertz CT molecular complexity index is 2970. The molecule has 0 aliphatic carbocycles. The molecule has 2 aliphatic rings. The van der Waals surface area contributed by atoms with Crippen LogP contribution >= 0.6 is 0 Å². The summed E-state index contributed by atoms with van der Waals surface area (Å²) in [5.74, 6) is 2.77. The standard InChI is InChI=1S/C31H30N2O4.C28H32N2O6/c1-22-29(32-30(37-22)24-12-7-4-8-13-24)16-17-36-26-15-9-14-25(18-26)27-20-33(21-28(27)31(34)35-2)19-23-10-5-3-6-11-23;1-3-13-35-28(33)30-17-22(16-26(31)32)24(18-30)21-10-7-11-23(15-21)34-14-12-25-19(2)36-27(29-25)20-8-5-4-6-9-20/h3-15,18H,16-17,19-21H2,1-2H3;4-11,15,22,24H,3,12-14,16-18H2,1-2H3,(H,31,32)/t;22-,24-/m.1/s1. The summed E-state index contributed by atoms with van der Waals surface area (Å²) in [6.07, 6.45) is 1.56. The Hall–Kier alpha value is -7.97. The first-order chi connectivity index (χ1) is 35.5. The van der Waals surface area contributed by atoms with E-state index in [0.717, 1.165) is 69.5 Å². The van der Waals surface area contributed by atoms with Gasteiger partial charge in [-0.25, -0.2) is 19.6 Å². The normalized spacial score (nSPS) is 15.4. The number of amides is 1. The number of aromatic nitrogens is 2. The molecule has 14 heteroatoms. The summed E-state index contributed by atoms with van der Waals surface area (Å²) in [6, 6.07) is 45.5. The van der Waals surface area contributed by atoms with Crippen molar-refractivity contribution in [2.24, 2.45) is 5.92 Å². The van der Waals surface area contributed by atoms with E-state index in [1.165, 1.54) is 12.7 Å². The van der Waals surface area contributed by atoms with E-state index in [4.69, 9.17) is 27.8 Å². The van der Waals surface area contributed by atoms with Crippen LogP contribution < -0.4 is 9.47 Å². The molecule has 378 valence electrons. The Balaban J connectivity index is 0.000000195. The minimum absolute atomic E-state index is 0.0114. The molecule has 0 radical (unpaired) electrons. The van der Waals surface area contributed by atoms with E-state index in [0.29, 0.717) is 81.9 Å². The molecule has 1 fully saturated rings. The number of esters is 1. The molecule has 0 unspecified atom stereocenters. The summed E-state index contributed by atoms with van der Waals surface area (Å²) in [6.45, 7) is 9.77. The molecule has 14 nitrogen and oxygen atoms in total. The van der Waals surface area contributed by atoms with E-state index >= 15 is 0 Å². The summed E-state index contributed by atoms with van der Waals surface area (Å²) in [5.41, 5.74) is 8.44. The highest BCUT2D eigenvalue weighted by atomic mass is 16.6. The van der Waals surface area contributed by atoms with Gasteiger partial charge in [-0.05, 0) is 97.0 Å². The maximum Gasteiger partial charge on any atom is 0.409 e. The summed E-state index contributed by atoms with van der Waals surface area (Å²) in [4.78, 5) is 49.6. The van der Waals surface area contributed by atoms with Gasteiger partial charge in [-0.15, -0.1) is 0 Å². The van der Waals surface area contributed by atoms with Crippen LogP contribution in [0.3, 0.4) is 0 Å². The van der Waals surface area contributed by atoms with Crippen LogP contribution in [0.4, 0.5) is 4.79 Å². The molecule has 7 aromatic rings. The minimum Gasteiger partial charge on any atom is -0.493 e. The van der Waals surface area contributed by atoms with Gasteiger partial charge in [-0.1, -0.05) is 97.9 Å². The van der Waals surface area contributed by atoms with E-state index < -0.39 is 5.97 Å². The smallest absolute Gasteiger partial charge is 0.409 e. The number of carboxylic acid groups (broad SMARTS) is 1. The van der Waals surface area contributed by atoms with Gasteiger partial charge in [0.15, 0.2) is 0 Å². The van der Waals surface area contributed by atoms with Gasteiger partial charge in [0.05, 0.1) is 50.3 Å². The van der Waals surface area contributed by atoms with Gasteiger partial charge in [0.25, 0.3) is 0 Å². The lowest BCUT2D eigenvalue weighted by Gasteiger charge is -2.18. The quantitative estimate of drug-likeness (QED) is 0.0761. The number of aryl methyl sites for hydroxylation is 2. The van der Waals surface area contributed by atoms with Crippen molar-refractivity contribution in [1.82, 2.24) is 19.8 Å². The minimum atomic E-state index is -0.876. The molecule has 1 saturated heterocycles. The molecule has 1 N–H and O–H groups in total. The zero-order chi connectivity index (χ0) is 51.1. The Labute approximate surface area is 426 Å². The van der Waals surface area contributed by atoms with Crippen molar-refractivity contribution in [2.75, 3.05) is 53.1 Å². The second kappa shape index (κ2) is 24.9. The molecule has 4 heterocycles. The number of carboxylic acids is 1. The average molecular weight is 987 g/mol. The van der Waals surface area contributed by atoms with Crippen molar-refractivity contribution < 1.29 is 47.3 Å². The number of ether oxygens (including phenoxy) is 4. The molecule has 0 bridgehead atoms. The third kappa shape index (κ3) is 13.7. The topological polar surface area (TPSA) is 167 Å². The molecule has 5 aromatic carbocycles. The predicted molar refractivity (Wildman–Crippen MR) is 277 cm³/mol. The van der Waals surface area contributed by atoms with E-state index in [1.807, 2.05) is 148 Å². The maximum absolute atomic E-state index is 12.6. The van der Waals surface area contributed by atoms with E-state index in [2.05, 4.69) is 27.0 Å². The largest absolute Gasteiger partial charge is 0.493 e. The lowest BCUT2D eigenvalue weighted by molar-refractivity contribution is -0.138. The predicted octanol–water partition coefficient (Wildman–Crippen LogP) is 11.0. The molecule has 2 atom stereocenters. The number of hydrogen-bond acceptors (Lipinski definition) is 12. The van der Waals surface area contributed by atoms with Crippen molar-refractivity contribution >= 4 is 23.6 Å². The van der Waals surface area contributed by atoms with Gasteiger partial charge >= 0.3 is 18.0 Å². The number of benzene rings is 5. The molecule has 2 aliphatic heterocycles. The fraction of sp³-hybridized carbons (Fsp3) is 0.305. The molecule has 2 aromatic heterocycles. The highest BCUT2D eigenvalue weighted by molar-refractivity contribution is 5.99. The first-order valence-electron chi connectivity index (χ1n) is 24.7. The monoisotopic (exact) mass is 986 g/mol. The number of carbonyl (C=O) groups is 3. The van der Waals surface area contributed by atoms with Crippen molar-refractivity contribution in [3.63, 3.8) is 0 Å². The van der Waals surface area contributed by atoms with Gasteiger partial charge < -0.3 is 37.8 Å². The summed E-state index contributed by atoms with van der Waals surface area (Å²) >= 11 is 0. The number of oxazole rings is 2. The highest BCUT2D eigenvalue weighted by Crippen LogP contribution is 2.37. The van der Waals surface area contributed by atoms with Gasteiger partial charge in [0, 0.05) is 62.6 Å². The highest BCUT2D eigenvalue weighted by Gasteiger charge is 2.38. The Kier molecular flexibility index (Phi) is 17.5. The molecule has 0 spiro atoms. The van der Waals surface area contributed by atoms with Gasteiger partial charge in [-0.3, -0.25) is 9.69 Å². The van der Waals surface area contributed by atoms with Crippen molar-refractivity contribution in [2.45, 2.75) is 58.9 Å². The number of nitrogens with zero attached hydrogens (tertiary/aromatic N) is 4. The number of likely N-dealkylation sites (tertiary alicyclic amines) is 1. The number of rotatable bonds is 19. The summed E-state index contributed by atoms with van der Waals surface area (Å²) in [7, 11) is 1.43. The van der Waals surface area contributed by atoms with Crippen LogP contribution in [0.2, 0.25) is 0 Å². The first kappa shape index (κ1) is 51.4. The zero-order valence-electron chi connectivity index (χ0n) is 41.8. The lowest BCUT2D eigenvalue weighted by Crippen LogP contribution is -2.30. The molecule has 73 heavy (non-hydrogen) atoms. The van der Waals surface area contributed by atoms with E-state index in [1.54, 1.807) is 4.90 Å². The fourth-order valence-corrected chi connectivity index (χ4v) is 9.20. The zero-order valence-corrected chi connectivity index (χ0v) is 41.8. The molecular weight excluding hydrogens is 925 g/mol. The van der Waals surface area contributed by atoms with Crippen LogP contribution in [0.5, 0.6) is 11.5 Å². The Morgan fingerprint density at radius 2 is 1.23 bits per heavy atom. The van der Waals surface area contributed by atoms with E-state index in [9.17, 15) is 19.5 Å². The second-order valence-corrected chi connectivity index (χ2v) is 18.1. The molecule has 0 saturated carbocycles. The van der Waals surface area contributed by atoms with Gasteiger partial charge in [-0.2, -0.15) is 0 Å². The van der Waals surface area contributed by atoms with Crippen molar-refractivity contribution in [3.8, 4) is 34.4 Å². The molecule has 1 amide bonds. The average Bonchev–Trinajstić information content (AvgIpc) is 4.22. The number of aliphatic carboxylic acids is 1. The van der Waals surface area contributed by atoms with Crippen molar-refractivity contribution in [1.29, 1.82) is 0 Å². The van der Waals surface area contributed by atoms with Crippen LogP contribution in [0.25, 0.3) is 28.5 Å². The Morgan fingerprint density at radius 3 is 1.81 bits per heavy atom. The second-order valence-electron chi connectivity index (χ2n) is 18.1. The molecular formula is C59H62N4O10.